The van der Waals surface area contributed by atoms with Crippen molar-refractivity contribution in [2.24, 2.45) is 0 Å². The Morgan fingerprint density at radius 3 is 2.33 bits per heavy atom. The van der Waals surface area contributed by atoms with Gasteiger partial charge >= 0.3 is 6.61 Å². The first-order chi connectivity index (χ1) is 14.4. The molecule has 0 aromatic heterocycles. The summed E-state index contributed by atoms with van der Waals surface area (Å²) in [6.07, 6.45) is 2.55. The molecule has 0 spiro atoms. The van der Waals surface area contributed by atoms with E-state index in [-0.39, 0.29) is 18.1 Å². The summed E-state index contributed by atoms with van der Waals surface area (Å²) in [6.45, 7) is -3.32. The van der Waals surface area contributed by atoms with Crippen LogP contribution in [-0.2, 0) is 9.59 Å². The molecule has 0 heterocycles. The minimum absolute atomic E-state index is 0.0830. The van der Waals surface area contributed by atoms with Crippen LogP contribution in [0.25, 0.3) is 6.08 Å². The monoisotopic (exact) mass is 422 g/mol. The lowest BCUT2D eigenvalue weighted by atomic mass is 10.2. The zero-order chi connectivity index (χ0) is 21.9. The third-order valence-electron chi connectivity index (χ3n) is 3.58. The summed E-state index contributed by atoms with van der Waals surface area (Å²) in [5.74, 6) is -0.395. The fourth-order valence-electron chi connectivity index (χ4n) is 2.24. The molecule has 0 aliphatic carbocycles. The first-order valence-corrected chi connectivity index (χ1v) is 8.58. The summed E-state index contributed by atoms with van der Waals surface area (Å²) in [5.41, 5.74) is 4.88. The maximum absolute atomic E-state index is 12.3. The molecule has 2 rings (SSSR count). The number of benzene rings is 2. The minimum Gasteiger partial charge on any atom is -0.493 e. The highest BCUT2D eigenvalue weighted by Crippen LogP contribution is 2.29. The van der Waals surface area contributed by atoms with E-state index in [1.165, 1.54) is 38.5 Å². The second-order valence-corrected chi connectivity index (χ2v) is 5.60. The van der Waals surface area contributed by atoms with Crippen LogP contribution in [0.5, 0.6) is 23.0 Å². The molecule has 2 aromatic carbocycles. The van der Waals surface area contributed by atoms with Gasteiger partial charge in [0.15, 0.2) is 29.6 Å². The largest absolute Gasteiger partial charge is 0.493 e. The summed E-state index contributed by atoms with van der Waals surface area (Å²) in [5, 5.41) is 0. The van der Waals surface area contributed by atoms with Gasteiger partial charge in [-0.05, 0) is 35.9 Å². The van der Waals surface area contributed by atoms with E-state index in [0.717, 1.165) is 6.08 Å². The number of halogens is 2. The second kappa shape index (κ2) is 11.2. The topological polar surface area (TPSA) is 95.1 Å². The predicted molar refractivity (Wildman–Crippen MR) is 103 cm³/mol. The average molecular weight is 422 g/mol. The van der Waals surface area contributed by atoms with Gasteiger partial charge in [-0.3, -0.25) is 20.4 Å². The van der Waals surface area contributed by atoms with E-state index in [1.54, 1.807) is 24.3 Å². The molecule has 2 N–H and O–H groups in total. The molecule has 2 aromatic rings. The highest BCUT2D eigenvalue weighted by Gasteiger charge is 2.11. The van der Waals surface area contributed by atoms with Crippen LogP contribution < -0.4 is 29.8 Å². The van der Waals surface area contributed by atoms with Crippen molar-refractivity contribution in [2.75, 3.05) is 20.8 Å². The molecule has 0 atom stereocenters. The number of hydrazine groups is 1. The van der Waals surface area contributed by atoms with Gasteiger partial charge in [0.25, 0.3) is 11.8 Å². The second-order valence-electron chi connectivity index (χ2n) is 5.60. The quantitative estimate of drug-likeness (QED) is 0.476. The molecule has 0 saturated heterocycles. The van der Waals surface area contributed by atoms with Crippen molar-refractivity contribution >= 4 is 17.9 Å². The van der Waals surface area contributed by atoms with Gasteiger partial charge in [-0.25, -0.2) is 0 Å². The average Bonchev–Trinajstić information content (AvgIpc) is 2.75. The van der Waals surface area contributed by atoms with E-state index in [2.05, 4.69) is 15.6 Å². The summed E-state index contributed by atoms with van der Waals surface area (Å²) in [4.78, 5) is 23.6. The van der Waals surface area contributed by atoms with Gasteiger partial charge < -0.3 is 18.9 Å². The van der Waals surface area contributed by atoms with Crippen molar-refractivity contribution in [3.05, 3.63) is 54.1 Å². The Bertz CT molecular complexity index is 905. The van der Waals surface area contributed by atoms with Gasteiger partial charge in [0.1, 0.15) is 0 Å². The van der Waals surface area contributed by atoms with Crippen LogP contribution >= 0.6 is 0 Å². The van der Waals surface area contributed by atoms with Crippen LogP contribution in [0, 0.1) is 0 Å². The van der Waals surface area contributed by atoms with Crippen molar-refractivity contribution in [3.63, 3.8) is 0 Å². The van der Waals surface area contributed by atoms with Crippen molar-refractivity contribution in [3.8, 4) is 23.0 Å². The normalized spacial score (nSPS) is 10.6. The first-order valence-electron chi connectivity index (χ1n) is 8.58. The molecule has 30 heavy (non-hydrogen) atoms. The molecule has 0 saturated carbocycles. The van der Waals surface area contributed by atoms with E-state index in [4.69, 9.17) is 14.2 Å². The number of methoxy groups -OCH3 is 2. The van der Waals surface area contributed by atoms with Crippen LogP contribution in [0.15, 0.2) is 48.5 Å². The number of para-hydroxylation sites is 2. The number of carbonyl (C=O) groups excluding carboxylic acids is 2. The summed E-state index contributed by atoms with van der Waals surface area (Å²) in [6, 6.07) is 11.0. The first kappa shape index (κ1) is 22.5. The number of alkyl halides is 2. The molecule has 0 aliphatic heterocycles. The molecule has 10 heteroatoms. The molecule has 0 unspecified atom stereocenters. The lowest BCUT2D eigenvalue weighted by molar-refractivity contribution is -0.128. The summed E-state index contributed by atoms with van der Waals surface area (Å²) >= 11 is 0. The fraction of sp³-hybridized carbons (Fsp3) is 0.200. The number of hydrogen-bond acceptors (Lipinski definition) is 6. The Kier molecular flexibility index (Phi) is 8.42. The van der Waals surface area contributed by atoms with Crippen LogP contribution in [-0.4, -0.2) is 39.3 Å². The van der Waals surface area contributed by atoms with E-state index in [9.17, 15) is 18.4 Å². The third kappa shape index (κ3) is 6.97. The number of carbonyl (C=O) groups is 2. The van der Waals surface area contributed by atoms with E-state index in [0.29, 0.717) is 17.1 Å². The molecule has 0 bridgehead atoms. The summed E-state index contributed by atoms with van der Waals surface area (Å²) in [7, 11) is 2.78. The van der Waals surface area contributed by atoms with Crippen LogP contribution in [0.3, 0.4) is 0 Å². The van der Waals surface area contributed by atoms with Crippen molar-refractivity contribution in [2.45, 2.75) is 6.61 Å². The van der Waals surface area contributed by atoms with E-state index < -0.39 is 18.4 Å². The molecular weight excluding hydrogens is 402 g/mol. The zero-order valence-corrected chi connectivity index (χ0v) is 16.2. The lowest BCUT2D eigenvalue weighted by Crippen LogP contribution is -2.43. The fourth-order valence-corrected chi connectivity index (χ4v) is 2.24. The van der Waals surface area contributed by atoms with Crippen molar-refractivity contribution < 1.29 is 37.3 Å². The Morgan fingerprint density at radius 2 is 1.67 bits per heavy atom. The molecule has 0 fully saturated rings. The number of hydrogen-bond donors (Lipinski definition) is 2. The predicted octanol–water partition coefficient (Wildman–Crippen LogP) is 2.54. The van der Waals surface area contributed by atoms with Crippen LogP contribution in [0.1, 0.15) is 5.56 Å². The molecule has 2 amide bonds. The third-order valence-corrected chi connectivity index (χ3v) is 3.58. The van der Waals surface area contributed by atoms with Gasteiger partial charge in [-0.1, -0.05) is 18.2 Å². The van der Waals surface area contributed by atoms with Crippen molar-refractivity contribution in [1.29, 1.82) is 0 Å². The number of ether oxygens (including phenoxy) is 4. The zero-order valence-electron chi connectivity index (χ0n) is 16.2. The summed E-state index contributed by atoms with van der Waals surface area (Å²) < 4.78 is 44.4. The highest BCUT2D eigenvalue weighted by atomic mass is 19.3. The van der Waals surface area contributed by atoms with Gasteiger partial charge in [0.05, 0.1) is 14.2 Å². The molecule has 0 radical (unpaired) electrons. The minimum atomic E-state index is -2.98. The Hall–Kier alpha value is -3.82. The van der Waals surface area contributed by atoms with Gasteiger partial charge in [-0.15, -0.1) is 0 Å². The SMILES string of the molecule is COc1ccccc1OCC(=O)NNC(=O)/C=C/c1ccc(OC(F)F)c(OC)c1. The standard InChI is InChI=1S/C20H20F2N2O6/c1-27-14-5-3-4-6-15(14)29-12-19(26)24-23-18(25)10-8-13-7-9-16(30-20(21)22)17(11-13)28-2/h3-11,20H,12H2,1-2H3,(H,23,25)(H,24,26)/b10-8+. The Balaban J connectivity index is 1.83. The Morgan fingerprint density at radius 1 is 0.967 bits per heavy atom. The number of nitrogens with one attached hydrogen (secondary N) is 2. The molecule has 0 aliphatic rings. The van der Waals surface area contributed by atoms with Gasteiger partial charge in [0, 0.05) is 6.08 Å². The maximum atomic E-state index is 12.3. The molecular formula is C20H20F2N2O6. The Labute approximate surface area is 171 Å². The van der Waals surface area contributed by atoms with Gasteiger partial charge in [0.2, 0.25) is 0 Å². The number of amides is 2. The lowest BCUT2D eigenvalue weighted by Gasteiger charge is -2.10. The van der Waals surface area contributed by atoms with Crippen LogP contribution in [0.2, 0.25) is 0 Å². The number of rotatable bonds is 9. The van der Waals surface area contributed by atoms with E-state index >= 15 is 0 Å². The molecule has 160 valence electrons. The smallest absolute Gasteiger partial charge is 0.387 e. The van der Waals surface area contributed by atoms with Gasteiger partial charge in [-0.2, -0.15) is 8.78 Å². The van der Waals surface area contributed by atoms with Crippen molar-refractivity contribution in [1.82, 2.24) is 10.9 Å². The molecule has 8 nitrogen and oxygen atoms in total. The highest BCUT2D eigenvalue weighted by molar-refractivity contribution is 5.93. The van der Waals surface area contributed by atoms with Crippen LogP contribution in [0.4, 0.5) is 8.78 Å². The van der Waals surface area contributed by atoms with E-state index in [1.807, 2.05) is 0 Å². The maximum Gasteiger partial charge on any atom is 0.387 e.